The van der Waals surface area contributed by atoms with Gasteiger partial charge in [0.05, 0.1) is 5.75 Å². The van der Waals surface area contributed by atoms with Gasteiger partial charge in [-0.3, -0.25) is 0 Å². The van der Waals surface area contributed by atoms with Crippen molar-refractivity contribution in [1.29, 1.82) is 0 Å². The predicted octanol–water partition coefficient (Wildman–Crippen LogP) is 2.23. The average Bonchev–Trinajstić information content (AvgIpc) is 2.15. The lowest BCUT2D eigenvalue weighted by atomic mass is 9.72. The summed E-state index contributed by atoms with van der Waals surface area (Å²) in [6, 6.07) is 0.528. The van der Waals surface area contributed by atoms with Crippen molar-refractivity contribution in [2.45, 2.75) is 52.5 Å². The second-order valence-corrected chi connectivity index (χ2v) is 7.90. The van der Waals surface area contributed by atoms with E-state index in [2.05, 4.69) is 19.2 Å². The molecule has 0 heterocycles. The van der Waals surface area contributed by atoms with Crippen molar-refractivity contribution in [3.63, 3.8) is 0 Å². The van der Waals surface area contributed by atoms with Gasteiger partial charge in [-0.1, -0.05) is 20.8 Å². The van der Waals surface area contributed by atoms with Crippen LogP contribution in [0.25, 0.3) is 0 Å². The third kappa shape index (κ3) is 5.38. The minimum Gasteiger partial charge on any atom is -0.314 e. The molecule has 1 saturated carbocycles. The summed E-state index contributed by atoms with van der Waals surface area (Å²) >= 11 is 0. The van der Waals surface area contributed by atoms with Crippen molar-refractivity contribution in [3.05, 3.63) is 0 Å². The SMILES string of the molecule is CCCS(=O)(=O)CCC1CCC1CNC(C)C. The van der Waals surface area contributed by atoms with Crippen LogP contribution in [0.5, 0.6) is 0 Å². The maximum Gasteiger partial charge on any atom is 0.150 e. The van der Waals surface area contributed by atoms with Crippen LogP contribution in [-0.4, -0.2) is 32.5 Å². The Morgan fingerprint density at radius 1 is 1.18 bits per heavy atom. The fourth-order valence-corrected chi connectivity index (χ4v) is 3.91. The standard InChI is InChI=1S/C13H27NO2S/c1-4-8-17(15,16)9-7-12-5-6-13(12)10-14-11(2)3/h11-14H,4-10H2,1-3H3. The minimum atomic E-state index is -2.78. The first kappa shape index (κ1) is 15.0. The van der Waals surface area contributed by atoms with E-state index >= 15 is 0 Å². The zero-order chi connectivity index (χ0) is 12.9. The van der Waals surface area contributed by atoms with E-state index in [0.717, 1.165) is 19.4 Å². The molecule has 1 fully saturated rings. The monoisotopic (exact) mass is 261 g/mol. The Morgan fingerprint density at radius 3 is 2.29 bits per heavy atom. The van der Waals surface area contributed by atoms with E-state index in [4.69, 9.17) is 0 Å². The highest BCUT2D eigenvalue weighted by atomic mass is 32.2. The molecule has 0 bridgehead atoms. The maximum atomic E-state index is 11.6. The van der Waals surface area contributed by atoms with Gasteiger partial charge in [-0.05, 0) is 44.1 Å². The molecule has 0 aromatic rings. The lowest BCUT2D eigenvalue weighted by molar-refractivity contribution is 0.164. The van der Waals surface area contributed by atoms with Gasteiger partial charge in [0.2, 0.25) is 0 Å². The molecular weight excluding hydrogens is 234 g/mol. The van der Waals surface area contributed by atoms with Crippen molar-refractivity contribution >= 4 is 9.84 Å². The molecule has 0 radical (unpaired) electrons. The van der Waals surface area contributed by atoms with Crippen LogP contribution >= 0.6 is 0 Å². The van der Waals surface area contributed by atoms with Crippen LogP contribution in [0.3, 0.4) is 0 Å². The van der Waals surface area contributed by atoms with Crippen LogP contribution in [0, 0.1) is 11.8 Å². The van der Waals surface area contributed by atoms with Crippen LogP contribution in [0.15, 0.2) is 0 Å². The largest absolute Gasteiger partial charge is 0.314 e. The van der Waals surface area contributed by atoms with E-state index in [1.54, 1.807) is 0 Å². The summed E-state index contributed by atoms with van der Waals surface area (Å²) in [5.41, 5.74) is 0. The molecule has 0 aromatic heterocycles. The van der Waals surface area contributed by atoms with E-state index in [1.807, 2.05) is 6.92 Å². The van der Waals surface area contributed by atoms with E-state index in [9.17, 15) is 8.42 Å². The molecule has 1 aliphatic rings. The van der Waals surface area contributed by atoms with Gasteiger partial charge in [-0.15, -0.1) is 0 Å². The van der Waals surface area contributed by atoms with Gasteiger partial charge < -0.3 is 5.32 Å². The normalized spacial score (nSPS) is 24.9. The lowest BCUT2D eigenvalue weighted by Crippen LogP contribution is -2.38. The highest BCUT2D eigenvalue weighted by Gasteiger charge is 2.31. The molecule has 1 N–H and O–H groups in total. The number of rotatable bonds is 8. The molecule has 102 valence electrons. The van der Waals surface area contributed by atoms with Crippen LogP contribution in [0.1, 0.15) is 46.5 Å². The Bertz CT molecular complexity index is 311. The van der Waals surface area contributed by atoms with E-state index < -0.39 is 9.84 Å². The third-order valence-electron chi connectivity index (χ3n) is 3.68. The molecule has 0 aromatic carbocycles. The van der Waals surface area contributed by atoms with E-state index in [-0.39, 0.29) is 0 Å². The van der Waals surface area contributed by atoms with Crippen molar-refractivity contribution < 1.29 is 8.42 Å². The number of sulfone groups is 1. The van der Waals surface area contributed by atoms with Crippen LogP contribution in [0.2, 0.25) is 0 Å². The van der Waals surface area contributed by atoms with Gasteiger partial charge in [0.1, 0.15) is 9.84 Å². The fraction of sp³-hybridized carbons (Fsp3) is 1.00. The Morgan fingerprint density at radius 2 is 1.82 bits per heavy atom. The molecule has 1 rings (SSSR count). The maximum absolute atomic E-state index is 11.6. The highest BCUT2D eigenvalue weighted by Crippen LogP contribution is 2.36. The summed E-state index contributed by atoms with van der Waals surface area (Å²) in [6.45, 7) is 7.28. The summed E-state index contributed by atoms with van der Waals surface area (Å²) in [5, 5.41) is 3.45. The van der Waals surface area contributed by atoms with Crippen LogP contribution < -0.4 is 5.32 Å². The van der Waals surface area contributed by atoms with Crippen LogP contribution in [0.4, 0.5) is 0 Å². The van der Waals surface area contributed by atoms with Crippen molar-refractivity contribution in [2.24, 2.45) is 11.8 Å². The summed E-state index contributed by atoms with van der Waals surface area (Å²) < 4.78 is 23.3. The first-order valence-corrected chi connectivity index (χ1v) is 8.70. The fourth-order valence-electron chi connectivity index (χ4n) is 2.42. The smallest absolute Gasteiger partial charge is 0.150 e. The van der Waals surface area contributed by atoms with E-state index in [1.165, 1.54) is 12.8 Å². The van der Waals surface area contributed by atoms with Gasteiger partial charge in [0.25, 0.3) is 0 Å². The van der Waals surface area contributed by atoms with Crippen molar-refractivity contribution in [3.8, 4) is 0 Å². The molecule has 0 saturated heterocycles. The van der Waals surface area contributed by atoms with Gasteiger partial charge in [-0.25, -0.2) is 8.42 Å². The van der Waals surface area contributed by atoms with Crippen molar-refractivity contribution in [1.82, 2.24) is 5.32 Å². The van der Waals surface area contributed by atoms with Crippen LogP contribution in [-0.2, 0) is 9.84 Å². The first-order chi connectivity index (χ1) is 7.94. The summed E-state index contributed by atoms with van der Waals surface area (Å²) in [4.78, 5) is 0. The second-order valence-electron chi connectivity index (χ2n) is 5.60. The molecule has 0 spiro atoms. The topological polar surface area (TPSA) is 46.2 Å². The highest BCUT2D eigenvalue weighted by molar-refractivity contribution is 7.91. The molecule has 4 heteroatoms. The Balaban J connectivity index is 2.24. The van der Waals surface area contributed by atoms with Gasteiger partial charge in [0.15, 0.2) is 0 Å². The Labute approximate surface area is 106 Å². The molecule has 2 atom stereocenters. The quantitative estimate of drug-likeness (QED) is 0.729. The minimum absolute atomic E-state index is 0.356. The summed E-state index contributed by atoms with van der Waals surface area (Å²) in [6.07, 6.45) is 4.09. The zero-order valence-electron chi connectivity index (χ0n) is 11.4. The van der Waals surface area contributed by atoms with Gasteiger partial charge in [-0.2, -0.15) is 0 Å². The third-order valence-corrected chi connectivity index (χ3v) is 5.57. The molecule has 1 aliphatic carbocycles. The van der Waals surface area contributed by atoms with Crippen molar-refractivity contribution in [2.75, 3.05) is 18.1 Å². The number of hydrogen-bond acceptors (Lipinski definition) is 3. The summed E-state index contributed by atoms with van der Waals surface area (Å²) in [5.74, 6) is 2.08. The molecule has 3 nitrogen and oxygen atoms in total. The first-order valence-electron chi connectivity index (χ1n) is 6.88. The Kier molecular flexibility index (Phi) is 5.93. The molecule has 2 unspecified atom stereocenters. The predicted molar refractivity (Wildman–Crippen MR) is 72.9 cm³/mol. The lowest BCUT2D eigenvalue weighted by Gasteiger charge is -2.37. The summed E-state index contributed by atoms with van der Waals surface area (Å²) in [7, 11) is -2.78. The second kappa shape index (κ2) is 6.74. The molecule has 0 aliphatic heterocycles. The average molecular weight is 261 g/mol. The molecule has 17 heavy (non-hydrogen) atoms. The van der Waals surface area contributed by atoms with Gasteiger partial charge >= 0.3 is 0 Å². The van der Waals surface area contributed by atoms with Gasteiger partial charge in [0, 0.05) is 11.8 Å². The number of hydrogen-bond donors (Lipinski definition) is 1. The zero-order valence-corrected chi connectivity index (χ0v) is 12.2. The Hall–Kier alpha value is -0.0900. The molecular formula is C13H27NO2S. The molecule has 0 amide bonds. The van der Waals surface area contributed by atoms with E-state index in [0.29, 0.717) is 29.4 Å². The number of nitrogens with one attached hydrogen (secondary N) is 1.